The number of rotatable bonds is 5. The van der Waals surface area contributed by atoms with Crippen molar-refractivity contribution >= 4 is 17.4 Å². The molecular weight excluding hydrogens is 276 g/mol. The molecule has 2 aliphatic carbocycles. The molecular formula is C18H22N2O2. The van der Waals surface area contributed by atoms with Crippen molar-refractivity contribution in [1.82, 2.24) is 0 Å². The van der Waals surface area contributed by atoms with E-state index in [0.717, 1.165) is 12.8 Å². The molecule has 116 valence electrons. The van der Waals surface area contributed by atoms with Crippen LogP contribution < -0.4 is 5.32 Å². The Kier molecular flexibility index (Phi) is 4.27. The number of hydrogen-bond donors (Lipinski definition) is 2. The van der Waals surface area contributed by atoms with E-state index in [9.17, 15) is 4.79 Å². The van der Waals surface area contributed by atoms with Gasteiger partial charge in [0.1, 0.15) is 5.71 Å². The molecule has 0 radical (unpaired) electrons. The second-order valence-corrected chi connectivity index (χ2v) is 5.85. The van der Waals surface area contributed by atoms with Crippen LogP contribution >= 0.6 is 0 Å². The first-order valence-corrected chi connectivity index (χ1v) is 8.06. The Hall–Kier alpha value is -2.10. The average molecular weight is 298 g/mol. The first-order valence-electron chi connectivity index (χ1n) is 8.06. The van der Waals surface area contributed by atoms with Crippen LogP contribution in [0.5, 0.6) is 0 Å². The lowest BCUT2D eigenvalue weighted by molar-refractivity contribution is -0.135. The lowest BCUT2D eigenvalue weighted by Crippen LogP contribution is -2.14. The number of esters is 1. The van der Waals surface area contributed by atoms with Crippen molar-refractivity contribution in [2.75, 3.05) is 11.9 Å². The molecule has 1 aromatic rings. The predicted molar refractivity (Wildman–Crippen MR) is 87.6 cm³/mol. The minimum Gasteiger partial charge on any atom is -0.461 e. The van der Waals surface area contributed by atoms with Gasteiger partial charge in [-0.1, -0.05) is 6.07 Å². The topological polar surface area (TPSA) is 62.2 Å². The first-order chi connectivity index (χ1) is 10.7. The highest BCUT2D eigenvalue weighted by Gasteiger charge is 2.23. The van der Waals surface area contributed by atoms with Crippen molar-refractivity contribution in [1.29, 1.82) is 5.41 Å². The van der Waals surface area contributed by atoms with E-state index in [1.807, 2.05) is 0 Å². The zero-order valence-corrected chi connectivity index (χ0v) is 13.0. The Labute approximate surface area is 131 Å². The fourth-order valence-electron chi connectivity index (χ4n) is 3.48. The Bertz CT molecular complexity index is 615. The van der Waals surface area contributed by atoms with Gasteiger partial charge in [0.05, 0.1) is 6.61 Å². The zero-order valence-electron chi connectivity index (χ0n) is 13.0. The van der Waals surface area contributed by atoms with Gasteiger partial charge in [-0.25, -0.2) is 4.79 Å². The van der Waals surface area contributed by atoms with Crippen molar-refractivity contribution in [2.24, 2.45) is 0 Å². The van der Waals surface area contributed by atoms with Crippen LogP contribution in [-0.4, -0.2) is 18.3 Å². The summed E-state index contributed by atoms with van der Waals surface area (Å²) in [7, 11) is 0. The van der Waals surface area contributed by atoms with Crippen LogP contribution in [0.1, 0.15) is 42.0 Å². The number of nitrogens with one attached hydrogen (secondary N) is 2. The molecule has 0 unspecified atom stereocenters. The summed E-state index contributed by atoms with van der Waals surface area (Å²) in [4.78, 5) is 11.4. The quantitative estimate of drug-likeness (QED) is 0.648. The molecule has 0 aliphatic heterocycles. The van der Waals surface area contributed by atoms with Crippen LogP contribution in [0.15, 0.2) is 18.3 Å². The van der Waals surface area contributed by atoms with Crippen molar-refractivity contribution in [3.8, 4) is 0 Å². The van der Waals surface area contributed by atoms with Gasteiger partial charge in [0.15, 0.2) is 0 Å². The van der Waals surface area contributed by atoms with E-state index in [0.29, 0.717) is 6.61 Å². The summed E-state index contributed by atoms with van der Waals surface area (Å²) in [6.45, 7) is 2.03. The van der Waals surface area contributed by atoms with Gasteiger partial charge < -0.3 is 10.1 Å². The first kappa shape index (κ1) is 14.8. The molecule has 4 nitrogen and oxygen atoms in total. The van der Waals surface area contributed by atoms with Crippen molar-refractivity contribution < 1.29 is 9.53 Å². The van der Waals surface area contributed by atoms with Crippen LogP contribution in [0, 0.1) is 5.41 Å². The molecule has 0 atom stereocenters. The van der Waals surface area contributed by atoms with Crippen molar-refractivity contribution in [3.63, 3.8) is 0 Å². The predicted octanol–water partition coefficient (Wildman–Crippen LogP) is 3.17. The Morgan fingerprint density at radius 3 is 2.45 bits per heavy atom. The van der Waals surface area contributed by atoms with E-state index < -0.39 is 5.97 Å². The highest BCUT2D eigenvalue weighted by molar-refractivity contribution is 6.39. The molecule has 0 saturated heterocycles. The molecule has 2 N–H and O–H groups in total. The van der Waals surface area contributed by atoms with Gasteiger partial charge in [0.2, 0.25) is 0 Å². The number of fused-ring (bicyclic) bond motifs is 2. The Morgan fingerprint density at radius 1 is 1.23 bits per heavy atom. The van der Waals surface area contributed by atoms with Crippen molar-refractivity contribution in [3.05, 3.63) is 40.6 Å². The fourth-order valence-corrected chi connectivity index (χ4v) is 3.48. The van der Waals surface area contributed by atoms with Gasteiger partial charge in [-0.15, -0.1) is 0 Å². The summed E-state index contributed by atoms with van der Waals surface area (Å²) >= 11 is 0. The second-order valence-electron chi connectivity index (χ2n) is 5.85. The number of benzene rings is 1. The maximum absolute atomic E-state index is 11.4. The van der Waals surface area contributed by atoms with Crippen LogP contribution in [0.25, 0.3) is 0 Å². The number of anilines is 1. The summed E-state index contributed by atoms with van der Waals surface area (Å²) in [5, 5.41) is 11.0. The monoisotopic (exact) mass is 298 g/mol. The smallest absolute Gasteiger partial charge is 0.356 e. The largest absolute Gasteiger partial charge is 0.461 e. The number of hydrogen-bond acceptors (Lipinski definition) is 4. The Morgan fingerprint density at radius 2 is 1.86 bits per heavy atom. The van der Waals surface area contributed by atoms with Gasteiger partial charge >= 0.3 is 5.97 Å². The van der Waals surface area contributed by atoms with Gasteiger partial charge in [-0.2, -0.15) is 0 Å². The third kappa shape index (κ3) is 2.78. The maximum atomic E-state index is 11.4. The lowest BCUT2D eigenvalue weighted by atomic mass is 9.99. The molecule has 0 bridgehead atoms. The molecule has 0 spiro atoms. The van der Waals surface area contributed by atoms with E-state index in [1.54, 1.807) is 13.1 Å². The zero-order chi connectivity index (χ0) is 15.5. The van der Waals surface area contributed by atoms with E-state index in [2.05, 4.69) is 11.4 Å². The average Bonchev–Trinajstić information content (AvgIpc) is 3.14. The minimum atomic E-state index is -0.580. The summed E-state index contributed by atoms with van der Waals surface area (Å²) in [5.41, 5.74) is 6.88. The van der Waals surface area contributed by atoms with Crippen LogP contribution in [-0.2, 0) is 35.2 Å². The van der Waals surface area contributed by atoms with Crippen LogP contribution in [0.4, 0.5) is 5.69 Å². The van der Waals surface area contributed by atoms with Crippen LogP contribution in [0.2, 0.25) is 0 Å². The number of carbonyl (C=O) groups excluding carboxylic acids is 1. The van der Waals surface area contributed by atoms with Crippen LogP contribution in [0.3, 0.4) is 0 Å². The van der Waals surface area contributed by atoms with E-state index >= 15 is 0 Å². The standard InChI is InChI=1S/C18H22N2O2/c1-2-22-18(21)16(19)9-10-20-17-14-7-3-5-12(14)11-13-6-4-8-15(13)17/h9-11,19-20H,2-8H2,1H3/b10-9-,19-16?. The Balaban J connectivity index is 1.79. The fraction of sp³-hybridized carbons (Fsp3) is 0.444. The lowest BCUT2D eigenvalue weighted by Gasteiger charge is -2.14. The molecule has 0 fully saturated rings. The molecule has 0 amide bonds. The van der Waals surface area contributed by atoms with Gasteiger partial charge in [-0.3, -0.25) is 5.41 Å². The van der Waals surface area contributed by atoms with E-state index in [4.69, 9.17) is 10.1 Å². The normalized spacial score (nSPS) is 15.7. The summed E-state index contributed by atoms with van der Waals surface area (Å²) in [6, 6.07) is 2.39. The summed E-state index contributed by atoms with van der Waals surface area (Å²) < 4.78 is 4.81. The molecule has 0 saturated carbocycles. The third-order valence-electron chi connectivity index (χ3n) is 4.45. The van der Waals surface area contributed by atoms with Crippen molar-refractivity contribution in [2.45, 2.75) is 45.4 Å². The molecule has 0 aromatic heterocycles. The molecule has 3 rings (SSSR count). The highest BCUT2D eigenvalue weighted by atomic mass is 16.5. The molecule has 0 heterocycles. The molecule has 4 heteroatoms. The van der Waals surface area contributed by atoms with Gasteiger partial charge in [-0.05, 0) is 73.8 Å². The van der Waals surface area contributed by atoms with E-state index in [-0.39, 0.29) is 5.71 Å². The van der Waals surface area contributed by atoms with Gasteiger partial charge in [0.25, 0.3) is 0 Å². The molecule has 1 aromatic carbocycles. The maximum Gasteiger partial charge on any atom is 0.356 e. The van der Waals surface area contributed by atoms with Gasteiger partial charge in [0, 0.05) is 11.9 Å². The number of aryl methyl sites for hydroxylation is 2. The molecule has 22 heavy (non-hydrogen) atoms. The highest BCUT2D eigenvalue weighted by Crippen LogP contribution is 2.38. The number of ether oxygens (including phenoxy) is 1. The SMILES string of the molecule is CCOC(=O)C(=N)/C=C\Nc1c2c(cc3c1CCC3)CCC2. The second kappa shape index (κ2) is 6.34. The van der Waals surface area contributed by atoms with E-state index in [1.165, 1.54) is 59.7 Å². The third-order valence-corrected chi connectivity index (χ3v) is 4.45. The summed E-state index contributed by atoms with van der Waals surface area (Å²) in [6.07, 6.45) is 10.2. The summed E-state index contributed by atoms with van der Waals surface area (Å²) in [5.74, 6) is -0.580. The molecule has 2 aliphatic rings. The number of carbonyl (C=O) groups is 1. The minimum absolute atomic E-state index is 0.126.